The molecule has 0 aliphatic carbocycles. The summed E-state index contributed by atoms with van der Waals surface area (Å²) in [6.07, 6.45) is 0.606. The normalized spacial score (nSPS) is 19.3. The van der Waals surface area contributed by atoms with Crippen molar-refractivity contribution in [3.8, 4) is 0 Å². The molecular weight excluding hydrogens is 340 g/mol. The van der Waals surface area contributed by atoms with Crippen LogP contribution in [0.25, 0.3) is 0 Å². The van der Waals surface area contributed by atoms with E-state index in [-0.39, 0.29) is 17.0 Å². The van der Waals surface area contributed by atoms with Crippen molar-refractivity contribution in [1.29, 1.82) is 0 Å². The highest BCUT2D eigenvalue weighted by Gasteiger charge is 2.34. The van der Waals surface area contributed by atoms with Crippen LogP contribution in [0.1, 0.15) is 30.5 Å². The molecule has 0 N–H and O–H groups in total. The van der Waals surface area contributed by atoms with Crippen LogP contribution < -0.4 is 0 Å². The van der Waals surface area contributed by atoms with E-state index < -0.39 is 10.0 Å². The topological polar surface area (TPSA) is 57.7 Å². The number of nitrogens with zero attached hydrogens (tertiary/aromatic N) is 2. The highest BCUT2D eigenvalue weighted by molar-refractivity contribution is 8.00. The summed E-state index contributed by atoms with van der Waals surface area (Å²) in [5, 5.41) is 2.03. The third kappa shape index (κ3) is 4.04. The average molecular weight is 363 g/mol. The lowest BCUT2D eigenvalue weighted by molar-refractivity contribution is -0.128. The second kappa shape index (κ2) is 7.81. The minimum atomic E-state index is -3.21. The van der Waals surface area contributed by atoms with Crippen molar-refractivity contribution in [2.75, 3.05) is 31.1 Å². The fourth-order valence-electron chi connectivity index (χ4n) is 2.46. The molecule has 2 rings (SSSR count). The zero-order valence-electron chi connectivity index (χ0n) is 12.9. The van der Waals surface area contributed by atoms with Gasteiger partial charge in [0.1, 0.15) is 5.37 Å². The summed E-state index contributed by atoms with van der Waals surface area (Å²) in [7, 11) is -3.21. The lowest BCUT2D eigenvalue weighted by Gasteiger charge is -2.27. The summed E-state index contributed by atoms with van der Waals surface area (Å²) in [4.78, 5) is 15.1. The van der Waals surface area contributed by atoms with E-state index >= 15 is 0 Å². The number of carbonyl (C=O) groups excluding carboxylic acids is 1. The summed E-state index contributed by atoms with van der Waals surface area (Å²) in [5.74, 6) is 0.723. The predicted octanol–water partition coefficient (Wildman–Crippen LogP) is 2.38. The van der Waals surface area contributed by atoms with Crippen LogP contribution in [0.4, 0.5) is 0 Å². The number of likely N-dealkylation sites (N-methyl/N-ethyl adjacent to an activating group) is 1. The van der Waals surface area contributed by atoms with E-state index in [9.17, 15) is 13.2 Å². The minimum Gasteiger partial charge on any atom is -0.324 e. The molecule has 0 spiro atoms. The molecule has 1 aliphatic heterocycles. The van der Waals surface area contributed by atoms with Gasteiger partial charge in [-0.1, -0.05) is 19.9 Å². The van der Waals surface area contributed by atoms with Gasteiger partial charge in [0.25, 0.3) is 0 Å². The van der Waals surface area contributed by atoms with Crippen molar-refractivity contribution in [2.24, 2.45) is 0 Å². The molecule has 0 radical (unpaired) electrons. The van der Waals surface area contributed by atoms with Gasteiger partial charge in [-0.15, -0.1) is 23.1 Å². The fraction of sp³-hybridized carbons (Fsp3) is 0.643. The molecule has 1 amide bonds. The molecule has 8 heteroatoms. The SMILES string of the molecule is CCCS(=O)(=O)N(CC)CCN1C(=O)CSC1c1cccs1. The fourth-order valence-corrected chi connectivity index (χ4v) is 6.19. The number of hydrogen-bond acceptors (Lipinski definition) is 5. The Morgan fingerprint density at radius 3 is 2.77 bits per heavy atom. The average Bonchev–Trinajstić information content (AvgIpc) is 3.09. The Kier molecular flexibility index (Phi) is 6.31. The first-order valence-corrected chi connectivity index (χ1v) is 11.0. The molecule has 22 heavy (non-hydrogen) atoms. The van der Waals surface area contributed by atoms with Gasteiger partial charge in [0.15, 0.2) is 0 Å². The molecule has 1 unspecified atom stereocenters. The van der Waals surface area contributed by atoms with Gasteiger partial charge in [0.2, 0.25) is 15.9 Å². The van der Waals surface area contributed by atoms with Crippen molar-refractivity contribution < 1.29 is 13.2 Å². The molecule has 1 aromatic rings. The molecule has 1 atom stereocenters. The van der Waals surface area contributed by atoms with E-state index in [4.69, 9.17) is 0 Å². The zero-order chi connectivity index (χ0) is 16.2. The molecule has 1 aromatic heterocycles. The van der Waals surface area contributed by atoms with Crippen LogP contribution in [-0.4, -0.2) is 54.7 Å². The van der Waals surface area contributed by atoms with Gasteiger partial charge in [-0.3, -0.25) is 4.79 Å². The largest absolute Gasteiger partial charge is 0.324 e. The first-order valence-electron chi connectivity index (χ1n) is 7.42. The van der Waals surface area contributed by atoms with Gasteiger partial charge in [-0.05, 0) is 17.9 Å². The molecule has 0 saturated carbocycles. The monoisotopic (exact) mass is 362 g/mol. The molecule has 0 bridgehead atoms. The second-order valence-corrected chi connectivity index (χ2v) is 9.21. The van der Waals surface area contributed by atoms with Crippen molar-refractivity contribution in [2.45, 2.75) is 25.6 Å². The molecule has 0 aromatic carbocycles. The Balaban J connectivity index is 2.03. The van der Waals surface area contributed by atoms with Crippen LogP contribution in [0, 0.1) is 0 Å². The van der Waals surface area contributed by atoms with Crippen LogP contribution in [0.2, 0.25) is 0 Å². The van der Waals surface area contributed by atoms with E-state index in [1.165, 1.54) is 4.31 Å². The molecule has 1 aliphatic rings. The van der Waals surface area contributed by atoms with Gasteiger partial charge in [0, 0.05) is 24.5 Å². The Morgan fingerprint density at radius 2 is 2.18 bits per heavy atom. The molecule has 1 saturated heterocycles. The first-order chi connectivity index (χ1) is 10.5. The number of thiophene rings is 1. The van der Waals surface area contributed by atoms with E-state index in [1.807, 2.05) is 31.4 Å². The Morgan fingerprint density at radius 1 is 1.41 bits per heavy atom. The summed E-state index contributed by atoms with van der Waals surface area (Å²) in [6, 6.07) is 4.00. The maximum atomic E-state index is 12.2. The standard InChI is InChI=1S/C14H22N2O3S3/c1-3-10-22(18,19)15(4-2)7-8-16-13(17)11-21-14(16)12-6-5-9-20-12/h5-6,9,14H,3-4,7-8,10-11H2,1-2H3. The minimum absolute atomic E-state index is 0.0279. The van der Waals surface area contributed by atoms with Crippen molar-refractivity contribution in [1.82, 2.24) is 9.21 Å². The molecule has 5 nitrogen and oxygen atoms in total. The maximum Gasteiger partial charge on any atom is 0.233 e. The maximum absolute atomic E-state index is 12.2. The number of rotatable bonds is 8. The smallest absolute Gasteiger partial charge is 0.233 e. The number of sulfonamides is 1. The van der Waals surface area contributed by atoms with Crippen LogP contribution in [0.5, 0.6) is 0 Å². The molecule has 2 heterocycles. The highest BCUT2D eigenvalue weighted by atomic mass is 32.2. The van der Waals surface area contributed by atoms with Crippen molar-refractivity contribution in [3.05, 3.63) is 22.4 Å². The second-order valence-electron chi connectivity index (χ2n) is 5.07. The number of thioether (sulfide) groups is 1. The molecule has 1 fully saturated rings. The van der Waals surface area contributed by atoms with Crippen LogP contribution in [-0.2, 0) is 14.8 Å². The van der Waals surface area contributed by atoms with Crippen LogP contribution in [0.3, 0.4) is 0 Å². The van der Waals surface area contributed by atoms with E-state index in [0.29, 0.717) is 31.8 Å². The van der Waals surface area contributed by atoms with Crippen molar-refractivity contribution >= 4 is 39.0 Å². The van der Waals surface area contributed by atoms with Crippen LogP contribution in [0.15, 0.2) is 17.5 Å². The van der Waals surface area contributed by atoms with Crippen molar-refractivity contribution in [3.63, 3.8) is 0 Å². The van der Waals surface area contributed by atoms with Crippen LogP contribution >= 0.6 is 23.1 Å². The van der Waals surface area contributed by atoms with Gasteiger partial charge >= 0.3 is 0 Å². The first kappa shape index (κ1) is 17.8. The zero-order valence-corrected chi connectivity index (χ0v) is 15.3. The Labute approximate surface area is 140 Å². The Bertz CT molecular complexity index is 586. The van der Waals surface area contributed by atoms with Gasteiger partial charge < -0.3 is 4.90 Å². The van der Waals surface area contributed by atoms with Gasteiger partial charge in [-0.2, -0.15) is 0 Å². The lowest BCUT2D eigenvalue weighted by atomic mass is 10.4. The third-order valence-electron chi connectivity index (χ3n) is 3.55. The van der Waals surface area contributed by atoms with E-state index in [1.54, 1.807) is 28.0 Å². The quantitative estimate of drug-likeness (QED) is 0.712. The number of hydrogen-bond donors (Lipinski definition) is 0. The highest BCUT2D eigenvalue weighted by Crippen LogP contribution is 2.40. The number of amides is 1. The molecular formula is C14H22N2O3S3. The Hall–Kier alpha value is -0.570. The third-order valence-corrected chi connectivity index (χ3v) is 8.02. The number of carbonyl (C=O) groups is 1. The summed E-state index contributed by atoms with van der Waals surface area (Å²) >= 11 is 3.25. The summed E-state index contributed by atoms with van der Waals surface area (Å²) in [5.41, 5.74) is 0. The molecule has 124 valence electrons. The van der Waals surface area contributed by atoms with Gasteiger partial charge in [0.05, 0.1) is 11.5 Å². The van der Waals surface area contributed by atoms with Gasteiger partial charge in [-0.25, -0.2) is 12.7 Å². The predicted molar refractivity (Wildman–Crippen MR) is 92.6 cm³/mol. The lowest BCUT2D eigenvalue weighted by Crippen LogP contribution is -2.40. The summed E-state index contributed by atoms with van der Waals surface area (Å²) in [6.45, 7) is 4.96. The van der Waals surface area contributed by atoms with E-state index in [2.05, 4.69) is 0 Å². The summed E-state index contributed by atoms with van der Waals surface area (Å²) < 4.78 is 25.8. The van der Waals surface area contributed by atoms with E-state index in [0.717, 1.165) is 4.88 Å².